The van der Waals surface area contributed by atoms with Crippen molar-refractivity contribution in [2.75, 3.05) is 20.4 Å². The fourth-order valence-electron chi connectivity index (χ4n) is 4.87. The van der Waals surface area contributed by atoms with Crippen LogP contribution in [-0.2, 0) is 22.1 Å². The Kier molecular flexibility index (Phi) is 6.70. The number of aromatic nitrogens is 1. The van der Waals surface area contributed by atoms with Gasteiger partial charge in [-0.2, -0.15) is 0 Å². The highest BCUT2D eigenvalue weighted by Gasteiger charge is 2.28. The smallest absolute Gasteiger partial charge is 0.335 e. The Bertz CT molecular complexity index is 1220. The van der Waals surface area contributed by atoms with Crippen molar-refractivity contribution in [1.29, 1.82) is 0 Å². The first-order valence-electron chi connectivity index (χ1n) is 11.3. The number of carbonyl (C=O) groups is 2. The summed E-state index contributed by atoms with van der Waals surface area (Å²) in [7, 11) is 2.37. The molecule has 0 aliphatic heterocycles. The van der Waals surface area contributed by atoms with Crippen LogP contribution in [0.2, 0.25) is 0 Å². The van der Waals surface area contributed by atoms with Crippen LogP contribution in [0.1, 0.15) is 53.9 Å². The van der Waals surface area contributed by atoms with Crippen molar-refractivity contribution in [1.82, 2.24) is 9.47 Å². The molecule has 1 heterocycles. The molecular formula is C26H30N2O4S. The van der Waals surface area contributed by atoms with Gasteiger partial charge in [-0.1, -0.05) is 37.5 Å². The topological polar surface area (TPSA) is 79.6 Å². The Balaban J connectivity index is 2.02. The van der Waals surface area contributed by atoms with Crippen LogP contribution in [-0.4, -0.2) is 51.0 Å². The van der Waals surface area contributed by atoms with Gasteiger partial charge in [-0.05, 0) is 54.2 Å². The van der Waals surface area contributed by atoms with E-state index in [0.29, 0.717) is 5.92 Å². The molecule has 0 spiro atoms. The summed E-state index contributed by atoms with van der Waals surface area (Å²) in [6.45, 7) is 0.121. The van der Waals surface area contributed by atoms with Gasteiger partial charge in [0, 0.05) is 41.4 Å². The zero-order valence-electron chi connectivity index (χ0n) is 19.3. The fourth-order valence-corrected chi connectivity index (χ4v) is 5.39. The first kappa shape index (κ1) is 23.2. The van der Waals surface area contributed by atoms with E-state index in [4.69, 9.17) is 0 Å². The van der Waals surface area contributed by atoms with Gasteiger partial charge < -0.3 is 14.6 Å². The van der Waals surface area contributed by atoms with Gasteiger partial charge in [-0.25, -0.2) is 4.79 Å². The molecule has 1 saturated carbocycles. The number of fused-ring (bicyclic) bond motifs is 1. The maximum Gasteiger partial charge on any atom is 0.335 e. The van der Waals surface area contributed by atoms with Crippen LogP contribution in [0, 0.1) is 0 Å². The molecule has 0 radical (unpaired) electrons. The van der Waals surface area contributed by atoms with Crippen molar-refractivity contribution in [3.05, 3.63) is 53.6 Å². The zero-order valence-corrected chi connectivity index (χ0v) is 20.2. The van der Waals surface area contributed by atoms with Gasteiger partial charge in [-0.3, -0.25) is 9.00 Å². The number of carboxylic acid groups (broad SMARTS) is 1. The van der Waals surface area contributed by atoms with Crippen LogP contribution in [0.4, 0.5) is 0 Å². The summed E-state index contributed by atoms with van der Waals surface area (Å²) < 4.78 is 13.9. The number of hydrogen-bond donors (Lipinski definition) is 1. The lowest BCUT2D eigenvalue weighted by atomic mass is 9.82. The highest BCUT2D eigenvalue weighted by atomic mass is 32.2. The van der Waals surface area contributed by atoms with Gasteiger partial charge in [0.1, 0.15) is 6.54 Å². The van der Waals surface area contributed by atoms with Gasteiger partial charge in [0.2, 0.25) is 5.91 Å². The molecule has 0 bridgehead atoms. The molecule has 174 valence electrons. The van der Waals surface area contributed by atoms with E-state index in [1.807, 2.05) is 34.9 Å². The Hall–Kier alpha value is -2.93. The van der Waals surface area contributed by atoms with Gasteiger partial charge in [-0.15, -0.1) is 0 Å². The number of rotatable bonds is 6. The van der Waals surface area contributed by atoms with Crippen molar-refractivity contribution in [2.45, 2.75) is 49.5 Å². The first-order chi connectivity index (χ1) is 15.8. The van der Waals surface area contributed by atoms with Gasteiger partial charge >= 0.3 is 5.97 Å². The number of carboxylic acids is 1. The van der Waals surface area contributed by atoms with Crippen molar-refractivity contribution in [3.63, 3.8) is 0 Å². The molecule has 1 aliphatic carbocycles. The molecule has 7 heteroatoms. The van der Waals surface area contributed by atoms with Gasteiger partial charge in [0.25, 0.3) is 0 Å². The molecular weight excluding hydrogens is 436 g/mol. The zero-order chi connectivity index (χ0) is 23.7. The molecule has 1 atom stereocenters. The van der Waals surface area contributed by atoms with E-state index in [1.54, 1.807) is 37.4 Å². The van der Waals surface area contributed by atoms with E-state index in [1.165, 1.54) is 12.0 Å². The third-order valence-corrected chi connectivity index (χ3v) is 7.55. The minimum Gasteiger partial charge on any atom is -0.478 e. The lowest BCUT2D eigenvalue weighted by Gasteiger charge is -2.24. The van der Waals surface area contributed by atoms with E-state index >= 15 is 0 Å². The van der Waals surface area contributed by atoms with Crippen molar-refractivity contribution in [3.8, 4) is 11.3 Å². The quantitative estimate of drug-likeness (QED) is 0.562. The van der Waals surface area contributed by atoms with Crippen LogP contribution in [0.15, 0.2) is 47.4 Å². The monoisotopic (exact) mass is 466 g/mol. The Morgan fingerprint density at radius 3 is 2.30 bits per heavy atom. The lowest BCUT2D eigenvalue weighted by molar-refractivity contribution is -0.129. The van der Waals surface area contributed by atoms with Crippen molar-refractivity contribution in [2.24, 2.45) is 0 Å². The van der Waals surface area contributed by atoms with Crippen molar-refractivity contribution < 1.29 is 18.9 Å². The summed E-state index contributed by atoms with van der Waals surface area (Å²) in [5.41, 5.74) is 4.08. The predicted octanol–water partition coefficient (Wildman–Crippen LogP) is 4.88. The van der Waals surface area contributed by atoms with Gasteiger partial charge in [0.15, 0.2) is 0 Å². The number of hydrogen-bond acceptors (Lipinski definition) is 3. The van der Waals surface area contributed by atoms with Crippen LogP contribution in [0.5, 0.6) is 0 Å². The maximum absolute atomic E-state index is 12.8. The average molecular weight is 467 g/mol. The average Bonchev–Trinajstić information content (AvgIpc) is 3.12. The van der Waals surface area contributed by atoms with Crippen LogP contribution >= 0.6 is 0 Å². The SMILES string of the molecule is CN(C)C(=O)Cn1c(-c2ccc(S(C)=O)cc2)c(C2CCCCC2)c2ccc(C(=O)O)cc21. The third kappa shape index (κ3) is 4.60. The minimum absolute atomic E-state index is 0.0599. The number of aromatic carboxylic acids is 1. The van der Waals surface area contributed by atoms with Crippen LogP contribution in [0.3, 0.4) is 0 Å². The predicted molar refractivity (Wildman–Crippen MR) is 131 cm³/mol. The molecule has 1 amide bonds. The summed E-state index contributed by atoms with van der Waals surface area (Å²) in [5, 5.41) is 10.6. The molecule has 1 aliphatic rings. The summed E-state index contributed by atoms with van der Waals surface area (Å²) in [6.07, 6.45) is 7.35. The molecule has 0 saturated heterocycles. The Labute approximate surface area is 196 Å². The molecule has 3 aromatic rings. The number of benzene rings is 2. The summed E-state index contributed by atoms with van der Waals surface area (Å²) >= 11 is 0. The van der Waals surface area contributed by atoms with Crippen LogP contribution in [0.25, 0.3) is 22.2 Å². The number of nitrogens with zero attached hydrogens (tertiary/aromatic N) is 2. The Morgan fingerprint density at radius 1 is 1.06 bits per heavy atom. The third-order valence-electron chi connectivity index (χ3n) is 6.62. The highest BCUT2D eigenvalue weighted by molar-refractivity contribution is 7.84. The van der Waals surface area contributed by atoms with E-state index in [9.17, 15) is 18.9 Å². The highest BCUT2D eigenvalue weighted by Crippen LogP contribution is 2.44. The second kappa shape index (κ2) is 9.51. The fraction of sp³-hybridized carbons (Fsp3) is 0.385. The minimum atomic E-state index is -1.08. The number of likely N-dealkylation sites (N-methyl/N-ethyl adjacent to an activating group) is 1. The molecule has 2 aromatic carbocycles. The number of amides is 1. The van der Waals surface area contributed by atoms with E-state index < -0.39 is 16.8 Å². The molecule has 1 fully saturated rings. The molecule has 1 aromatic heterocycles. The van der Waals surface area contributed by atoms with Gasteiger partial charge in [0.05, 0.1) is 16.8 Å². The first-order valence-corrected chi connectivity index (χ1v) is 12.9. The Morgan fingerprint density at radius 2 is 1.73 bits per heavy atom. The van der Waals surface area contributed by atoms with E-state index in [-0.39, 0.29) is 18.0 Å². The van der Waals surface area contributed by atoms with E-state index in [2.05, 4.69) is 0 Å². The standard InChI is InChI=1S/C26H30N2O4S/c1-27(2)23(29)16-28-22-15-19(26(30)31)11-14-21(22)24(17-7-5-4-6-8-17)25(28)18-9-12-20(13-10-18)33(3)32/h9-15,17H,4-8,16H2,1-3H3,(H,30,31). The largest absolute Gasteiger partial charge is 0.478 e. The van der Waals surface area contributed by atoms with E-state index in [0.717, 1.165) is 52.7 Å². The summed E-state index contributed by atoms with van der Waals surface area (Å²) in [4.78, 5) is 26.9. The maximum atomic E-state index is 12.8. The van der Waals surface area contributed by atoms with Crippen LogP contribution < -0.4 is 0 Å². The summed E-state index contributed by atoms with van der Waals surface area (Å²) in [6, 6.07) is 12.9. The number of carbonyl (C=O) groups excluding carboxylic acids is 1. The lowest BCUT2D eigenvalue weighted by Crippen LogP contribution is -2.26. The molecule has 6 nitrogen and oxygen atoms in total. The molecule has 4 rings (SSSR count). The normalized spacial score (nSPS) is 15.5. The molecule has 1 N–H and O–H groups in total. The second-order valence-electron chi connectivity index (χ2n) is 8.99. The van der Waals surface area contributed by atoms with Crippen molar-refractivity contribution >= 4 is 33.6 Å². The second-order valence-corrected chi connectivity index (χ2v) is 10.4. The molecule has 33 heavy (non-hydrogen) atoms. The molecule has 1 unspecified atom stereocenters. The summed E-state index contributed by atoms with van der Waals surface area (Å²) in [5.74, 6) is -0.697.